The SMILES string of the molecule is CCCCCN(C)C(=O)c1cc[nH]c(=O)c1. The van der Waals surface area contributed by atoms with Crippen molar-refractivity contribution < 1.29 is 4.79 Å². The predicted molar refractivity (Wildman–Crippen MR) is 63.5 cm³/mol. The Morgan fingerprint density at radius 3 is 2.81 bits per heavy atom. The van der Waals surface area contributed by atoms with Gasteiger partial charge in [0, 0.05) is 31.4 Å². The van der Waals surface area contributed by atoms with Crippen molar-refractivity contribution in [1.29, 1.82) is 0 Å². The molecule has 0 fully saturated rings. The number of unbranched alkanes of at least 4 members (excludes halogenated alkanes) is 2. The van der Waals surface area contributed by atoms with E-state index in [4.69, 9.17) is 0 Å². The largest absolute Gasteiger partial charge is 0.342 e. The number of hydrogen-bond donors (Lipinski definition) is 1. The summed E-state index contributed by atoms with van der Waals surface area (Å²) in [5, 5.41) is 0. The van der Waals surface area contributed by atoms with Crippen molar-refractivity contribution in [1.82, 2.24) is 9.88 Å². The molecule has 1 heterocycles. The molecule has 1 aromatic rings. The molecule has 0 spiro atoms. The molecule has 16 heavy (non-hydrogen) atoms. The number of carbonyl (C=O) groups is 1. The van der Waals surface area contributed by atoms with Crippen molar-refractivity contribution in [3.05, 3.63) is 34.2 Å². The third kappa shape index (κ3) is 3.53. The standard InChI is InChI=1S/C12H18N2O2/c1-3-4-5-8-14(2)12(16)10-6-7-13-11(15)9-10/h6-7,9H,3-5,8H2,1-2H3,(H,13,15). The lowest BCUT2D eigenvalue weighted by atomic mass is 10.2. The van der Waals surface area contributed by atoms with Crippen LogP contribution in [-0.2, 0) is 0 Å². The van der Waals surface area contributed by atoms with E-state index in [2.05, 4.69) is 11.9 Å². The highest BCUT2D eigenvalue weighted by atomic mass is 16.2. The number of H-pyrrole nitrogens is 1. The first-order chi connectivity index (χ1) is 7.65. The number of carbonyl (C=O) groups excluding carboxylic acids is 1. The van der Waals surface area contributed by atoms with E-state index in [0.29, 0.717) is 5.56 Å². The van der Waals surface area contributed by atoms with Crippen molar-refractivity contribution >= 4 is 5.91 Å². The Bertz CT molecular complexity index is 398. The quantitative estimate of drug-likeness (QED) is 0.770. The topological polar surface area (TPSA) is 53.2 Å². The van der Waals surface area contributed by atoms with Gasteiger partial charge in [-0.25, -0.2) is 0 Å². The summed E-state index contributed by atoms with van der Waals surface area (Å²) < 4.78 is 0. The fourth-order valence-electron chi connectivity index (χ4n) is 1.50. The minimum absolute atomic E-state index is 0.0952. The second kappa shape index (κ2) is 6.10. The molecule has 0 saturated heterocycles. The Morgan fingerprint density at radius 1 is 1.44 bits per heavy atom. The van der Waals surface area contributed by atoms with Gasteiger partial charge in [-0.2, -0.15) is 0 Å². The van der Waals surface area contributed by atoms with E-state index >= 15 is 0 Å². The highest BCUT2D eigenvalue weighted by Crippen LogP contribution is 2.02. The molecule has 0 saturated carbocycles. The summed E-state index contributed by atoms with van der Waals surface area (Å²) in [6, 6.07) is 2.96. The minimum atomic E-state index is -0.243. The Kier molecular flexibility index (Phi) is 4.76. The minimum Gasteiger partial charge on any atom is -0.342 e. The summed E-state index contributed by atoms with van der Waals surface area (Å²) in [5.41, 5.74) is 0.204. The van der Waals surface area contributed by atoms with Crippen LogP contribution in [0.4, 0.5) is 0 Å². The van der Waals surface area contributed by atoms with Crippen molar-refractivity contribution in [3.63, 3.8) is 0 Å². The molecule has 0 atom stereocenters. The number of amides is 1. The second-order valence-corrected chi connectivity index (χ2v) is 3.88. The molecule has 1 rings (SSSR count). The number of aromatic amines is 1. The van der Waals surface area contributed by atoms with Gasteiger partial charge in [0.15, 0.2) is 0 Å². The van der Waals surface area contributed by atoms with Gasteiger partial charge in [0.1, 0.15) is 0 Å². The van der Waals surface area contributed by atoms with Crippen LogP contribution in [0.5, 0.6) is 0 Å². The third-order valence-electron chi connectivity index (χ3n) is 2.47. The number of aromatic nitrogens is 1. The van der Waals surface area contributed by atoms with Crippen LogP contribution < -0.4 is 5.56 Å². The van der Waals surface area contributed by atoms with Gasteiger partial charge < -0.3 is 9.88 Å². The average Bonchev–Trinajstić information content (AvgIpc) is 2.28. The fourth-order valence-corrected chi connectivity index (χ4v) is 1.50. The summed E-state index contributed by atoms with van der Waals surface area (Å²) in [7, 11) is 1.76. The first-order valence-corrected chi connectivity index (χ1v) is 5.59. The van der Waals surface area contributed by atoms with Crippen molar-refractivity contribution in [3.8, 4) is 0 Å². The van der Waals surface area contributed by atoms with Crippen LogP contribution in [0.1, 0.15) is 36.5 Å². The highest BCUT2D eigenvalue weighted by molar-refractivity contribution is 5.93. The zero-order chi connectivity index (χ0) is 12.0. The molecule has 4 heteroatoms. The van der Waals surface area contributed by atoms with Crippen LogP contribution >= 0.6 is 0 Å². The maximum absolute atomic E-state index is 11.9. The Balaban J connectivity index is 2.60. The van der Waals surface area contributed by atoms with Gasteiger partial charge in [-0.1, -0.05) is 19.8 Å². The average molecular weight is 222 g/mol. The van der Waals surface area contributed by atoms with E-state index in [1.165, 1.54) is 12.3 Å². The van der Waals surface area contributed by atoms with Gasteiger partial charge in [0.05, 0.1) is 0 Å². The van der Waals surface area contributed by atoms with Crippen molar-refractivity contribution in [2.75, 3.05) is 13.6 Å². The van der Waals surface area contributed by atoms with Crippen LogP contribution in [0.15, 0.2) is 23.1 Å². The van der Waals surface area contributed by atoms with Crippen LogP contribution in [0.2, 0.25) is 0 Å². The van der Waals surface area contributed by atoms with Crippen LogP contribution in [0.25, 0.3) is 0 Å². The van der Waals surface area contributed by atoms with Gasteiger partial charge >= 0.3 is 0 Å². The Morgan fingerprint density at radius 2 is 2.19 bits per heavy atom. The lowest BCUT2D eigenvalue weighted by molar-refractivity contribution is 0.0792. The van der Waals surface area contributed by atoms with E-state index in [0.717, 1.165) is 25.8 Å². The molecule has 0 aromatic carbocycles. The molecule has 1 aromatic heterocycles. The molecular formula is C12H18N2O2. The fraction of sp³-hybridized carbons (Fsp3) is 0.500. The first-order valence-electron chi connectivity index (χ1n) is 5.59. The normalized spacial score (nSPS) is 10.1. The highest BCUT2D eigenvalue weighted by Gasteiger charge is 2.10. The molecular weight excluding hydrogens is 204 g/mol. The summed E-state index contributed by atoms with van der Waals surface area (Å²) in [6.45, 7) is 2.86. The van der Waals surface area contributed by atoms with Crippen molar-refractivity contribution in [2.45, 2.75) is 26.2 Å². The third-order valence-corrected chi connectivity index (χ3v) is 2.47. The Hall–Kier alpha value is -1.58. The van der Waals surface area contributed by atoms with Crippen molar-refractivity contribution in [2.24, 2.45) is 0 Å². The number of nitrogens with one attached hydrogen (secondary N) is 1. The molecule has 0 bridgehead atoms. The van der Waals surface area contributed by atoms with Crippen LogP contribution in [0.3, 0.4) is 0 Å². The van der Waals surface area contributed by atoms with E-state index in [1.54, 1.807) is 18.0 Å². The summed E-state index contributed by atoms with van der Waals surface area (Å²) in [4.78, 5) is 27.1. The molecule has 1 amide bonds. The zero-order valence-corrected chi connectivity index (χ0v) is 9.82. The summed E-state index contributed by atoms with van der Waals surface area (Å²) in [6.07, 6.45) is 4.75. The molecule has 88 valence electrons. The Labute approximate surface area is 95.3 Å². The molecule has 4 nitrogen and oxygen atoms in total. The number of pyridine rings is 1. The number of hydrogen-bond acceptors (Lipinski definition) is 2. The molecule has 1 N–H and O–H groups in total. The van der Waals surface area contributed by atoms with Crippen LogP contribution in [0, 0.1) is 0 Å². The first kappa shape index (κ1) is 12.5. The van der Waals surface area contributed by atoms with Gasteiger partial charge in [-0.3, -0.25) is 9.59 Å². The summed E-state index contributed by atoms with van der Waals surface area (Å²) >= 11 is 0. The molecule has 0 unspecified atom stereocenters. The summed E-state index contributed by atoms with van der Waals surface area (Å²) in [5.74, 6) is -0.0952. The lowest BCUT2D eigenvalue weighted by Gasteiger charge is -2.16. The maximum Gasteiger partial charge on any atom is 0.253 e. The van der Waals surface area contributed by atoms with Gasteiger partial charge in [0.2, 0.25) is 5.56 Å². The monoisotopic (exact) mass is 222 g/mol. The smallest absolute Gasteiger partial charge is 0.253 e. The zero-order valence-electron chi connectivity index (χ0n) is 9.82. The molecule has 0 radical (unpaired) electrons. The molecule has 0 aliphatic heterocycles. The van der Waals surface area contributed by atoms with Gasteiger partial charge in [-0.15, -0.1) is 0 Å². The van der Waals surface area contributed by atoms with Gasteiger partial charge in [-0.05, 0) is 12.5 Å². The lowest BCUT2D eigenvalue weighted by Crippen LogP contribution is -2.28. The maximum atomic E-state index is 11.9. The predicted octanol–water partition coefficient (Wildman–Crippen LogP) is 1.64. The molecule has 0 aliphatic carbocycles. The number of nitrogens with zero attached hydrogens (tertiary/aromatic N) is 1. The van der Waals surface area contributed by atoms with Gasteiger partial charge in [0.25, 0.3) is 5.91 Å². The second-order valence-electron chi connectivity index (χ2n) is 3.88. The van der Waals surface area contributed by atoms with E-state index in [1.807, 2.05) is 0 Å². The van der Waals surface area contributed by atoms with E-state index in [-0.39, 0.29) is 11.5 Å². The van der Waals surface area contributed by atoms with Crippen LogP contribution in [-0.4, -0.2) is 29.4 Å². The van der Waals surface area contributed by atoms with E-state index in [9.17, 15) is 9.59 Å². The molecule has 0 aliphatic rings. The van der Waals surface area contributed by atoms with E-state index < -0.39 is 0 Å². The number of rotatable bonds is 5.